The molecule has 2 amide bonds. The number of nitrogen functional groups attached to an aromatic ring is 1. The van der Waals surface area contributed by atoms with Gasteiger partial charge in [0.2, 0.25) is 0 Å². The van der Waals surface area contributed by atoms with E-state index in [-0.39, 0.29) is 5.91 Å². The Bertz CT molecular complexity index is 496. The van der Waals surface area contributed by atoms with E-state index in [1.165, 1.54) is 4.90 Å². The number of likely N-dealkylation sites (tertiary alicyclic amines) is 1. The molecule has 0 saturated carbocycles. The highest BCUT2D eigenvalue weighted by Crippen LogP contribution is 2.17. The number of carbonyl (C=O) groups excluding carboxylic acids is 1. The molecule has 0 radical (unpaired) electrons. The third-order valence-electron chi connectivity index (χ3n) is 3.64. The maximum atomic E-state index is 12.0. The van der Waals surface area contributed by atoms with Crippen LogP contribution in [0.5, 0.6) is 0 Å². The van der Waals surface area contributed by atoms with Crippen LogP contribution in [0, 0.1) is 5.92 Å². The molecule has 0 aliphatic carbocycles. The van der Waals surface area contributed by atoms with E-state index < -0.39 is 6.09 Å². The third kappa shape index (κ3) is 3.40. The van der Waals surface area contributed by atoms with Gasteiger partial charge in [-0.05, 0) is 30.9 Å². The van der Waals surface area contributed by atoms with Crippen molar-refractivity contribution in [2.75, 3.05) is 25.4 Å². The molecule has 0 atom stereocenters. The second-order valence-corrected chi connectivity index (χ2v) is 5.01. The number of nitrogens with two attached hydrogens (primary N) is 1. The highest BCUT2D eigenvalue weighted by atomic mass is 16.4. The molecular weight excluding hydrogens is 258 g/mol. The average Bonchev–Trinajstić information content (AvgIpc) is 2.45. The van der Waals surface area contributed by atoms with Crippen LogP contribution in [0.2, 0.25) is 0 Å². The summed E-state index contributed by atoms with van der Waals surface area (Å²) in [5.41, 5.74) is 6.69. The van der Waals surface area contributed by atoms with Gasteiger partial charge in [0.25, 0.3) is 5.91 Å². The lowest BCUT2D eigenvalue weighted by Crippen LogP contribution is -2.41. The number of carbonyl (C=O) groups is 2. The largest absolute Gasteiger partial charge is 0.465 e. The summed E-state index contributed by atoms with van der Waals surface area (Å²) in [6.45, 7) is 1.62. The fourth-order valence-electron chi connectivity index (χ4n) is 2.36. The number of hydrogen-bond acceptors (Lipinski definition) is 3. The van der Waals surface area contributed by atoms with Crippen molar-refractivity contribution >= 4 is 17.7 Å². The first-order chi connectivity index (χ1) is 9.58. The van der Waals surface area contributed by atoms with Gasteiger partial charge >= 0.3 is 6.09 Å². The predicted molar refractivity (Wildman–Crippen MR) is 75.5 cm³/mol. The number of para-hydroxylation sites is 1. The van der Waals surface area contributed by atoms with Gasteiger partial charge in [-0.2, -0.15) is 0 Å². The van der Waals surface area contributed by atoms with Gasteiger partial charge < -0.3 is 21.1 Å². The molecule has 1 saturated heterocycles. The van der Waals surface area contributed by atoms with E-state index in [0.29, 0.717) is 36.8 Å². The van der Waals surface area contributed by atoms with Crippen LogP contribution in [-0.4, -0.2) is 41.6 Å². The Morgan fingerprint density at radius 3 is 2.55 bits per heavy atom. The highest BCUT2D eigenvalue weighted by Gasteiger charge is 2.22. The lowest BCUT2D eigenvalue weighted by Gasteiger charge is -2.30. The number of piperidine rings is 1. The minimum Gasteiger partial charge on any atom is -0.465 e. The summed E-state index contributed by atoms with van der Waals surface area (Å²) in [5, 5.41) is 11.7. The Labute approximate surface area is 117 Å². The molecule has 2 rings (SSSR count). The standard InChI is InChI=1S/C14H19N3O3/c15-12-4-2-1-3-11(12)13(18)16-9-10-5-7-17(8-6-10)14(19)20/h1-4,10H,5-9,15H2,(H,16,18)(H,19,20). The Balaban J connectivity index is 1.80. The molecule has 4 N–H and O–H groups in total. The summed E-state index contributed by atoms with van der Waals surface area (Å²) in [4.78, 5) is 24.2. The van der Waals surface area contributed by atoms with Gasteiger partial charge in [0, 0.05) is 25.3 Å². The van der Waals surface area contributed by atoms with Crippen LogP contribution in [-0.2, 0) is 0 Å². The molecule has 0 aromatic heterocycles. The Morgan fingerprint density at radius 1 is 1.30 bits per heavy atom. The Hall–Kier alpha value is -2.24. The molecule has 6 nitrogen and oxygen atoms in total. The van der Waals surface area contributed by atoms with Crippen LogP contribution in [0.4, 0.5) is 10.5 Å². The molecule has 1 aromatic carbocycles. The number of anilines is 1. The van der Waals surface area contributed by atoms with Crippen molar-refractivity contribution < 1.29 is 14.7 Å². The lowest BCUT2D eigenvalue weighted by molar-refractivity contribution is 0.0929. The average molecular weight is 277 g/mol. The molecule has 6 heteroatoms. The van der Waals surface area contributed by atoms with E-state index in [4.69, 9.17) is 10.8 Å². The maximum absolute atomic E-state index is 12.0. The fraction of sp³-hybridized carbons (Fsp3) is 0.429. The first-order valence-corrected chi connectivity index (χ1v) is 6.68. The second-order valence-electron chi connectivity index (χ2n) is 5.01. The zero-order chi connectivity index (χ0) is 14.5. The summed E-state index contributed by atoms with van der Waals surface area (Å²) in [6.07, 6.45) is 0.679. The quantitative estimate of drug-likeness (QED) is 0.727. The van der Waals surface area contributed by atoms with Crippen LogP contribution >= 0.6 is 0 Å². The number of benzene rings is 1. The Morgan fingerprint density at radius 2 is 1.95 bits per heavy atom. The second kappa shape index (κ2) is 6.27. The monoisotopic (exact) mass is 277 g/mol. The topological polar surface area (TPSA) is 95.7 Å². The number of nitrogens with one attached hydrogen (secondary N) is 1. The molecule has 1 aliphatic rings. The van der Waals surface area contributed by atoms with E-state index in [0.717, 1.165) is 12.8 Å². The van der Waals surface area contributed by atoms with Crippen molar-refractivity contribution in [1.29, 1.82) is 0 Å². The van der Waals surface area contributed by atoms with Crippen molar-refractivity contribution in [2.45, 2.75) is 12.8 Å². The summed E-state index contributed by atoms with van der Waals surface area (Å²) in [7, 11) is 0. The van der Waals surface area contributed by atoms with E-state index in [9.17, 15) is 9.59 Å². The molecule has 1 heterocycles. The van der Waals surface area contributed by atoms with Gasteiger partial charge in [0.15, 0.2) is 0 Å². The molecular formula is C14H19N3O3. The van der Waals surface area contributed by atoms with Crippen LogP contribution in [0.1, 0.15) is 23.2 Å². The minimum absolute atomic E-state index is 0.177. The summed E-state index contributed by atoms with van der Waals surface area (Å²) in [5.74, 6) is 0.142. The van der Waals surface area contributed by atoms with E-state index in [1.807, 2.05) is 0 Å². The number of amides is 2. The van der Waals surface area contributed by atoms with Gasteiger partial charge in [-0.3, -0.25) is 4.79 Å². The first-order valence-electron chi connectivity index (χ1n) is 6.68. The zero-order valence-electron chi connectivity index (χ0n) is 11.2. The van der Waals surface area contributed by atoms with Crippen molar-refractivity contribution in [3.05, 3.63) is 29.8 Å². The van der Waals surface area contributed by atoms with Crippen molar-refractivity contribution in [2.24, 2.45) is 5.92 Å². The number of carboxylic acid groups (broad SMARTS) is 1. The van der Waals surface area contributed by atoms with Crippen LogP contribution < -0.4 is 11.1 Å². The van der Waals surface area contributed by atoms with Crippen molar-refractivity contribution in [3.8, 4) is 0 Å². The third-order valence-corrected chi connectivity index (χ3v) is 3.64. The normalized spacial score (nSPS) is 15.9. The number of rotatable bonds is 3. The Kier molecular flexibility index (Phi) is 4.45. The van der Waals surface area contributed by atoms with Crippen molar-refractivity contribution in [3.63, 3.8) is 0 Å². The van der Waals surface area contributed by atoms with Gasteiger partial charge in [-0.1, -0.05) is 12.1 Å². The van der Waals surface area contributed by atoms with Gasteiger partial charge in [-0.15, -0.1) is 0 Å². The van der Waals surface area contributed by atoms with Gasteiger partial charge in [-0.25, -0.2) is 4.79 Å². The number of hydrogen-bond donors (Lipinski definition) is 3. The van der Waals surface area contributed by atoms with Gasteiger partial charge in [0.05, 0.1) is 5.56 Å². The zero-order valence-corrected chi connectivity index (χ0v) is 11.2. The number of nitrogens with zero attached hydrogens (tertiary/aromatic N) is 1. The first kappa shape index (κ1) is 14.2. The fourth-order valence-corrected chi connectivity index (χ4v) is 2.36. The molecule has 0 unspecified atom stereocenters. The smallest absolute Gasteiger partial charge is 0.407 e. The molecule has 108 valence electrons. The SMILES string of the molecule is Nc1ccccc1C(=O)NCC1CCN(C(=O)O)CC1. The summed E-state index contributed by atoms with van der Waals surface area (Å²) >= 11 is 0. The van der Waals surface area contributed by atoms with Crippen LogP contribution in [0.15, 0.2) is 24.3 Å². The molecule has 0 bridgehead atoms. The van der Waals surface area contributed by atoms with Crippen LogP contribution in [0.3, 0.4) is 0 Å². The molecule has 20 heavy (non-hydrogen) atoms. The van der Waals surface area contributed by atoms with Crippen LogP contribution in [0.25, 0.3) is 0 Å². The van der Waals surface area contributed by atoms with E-state index >= 15 is 0 Å². The van der Waals surface area contributed by atoms with Crippen molar-refractivity contribution in [1.82, 2.24) is 10.2 Å². The van der Waals surface area contributed by atoms with Gasteiger partial charge in [0.1, 0.15) is 0 Å². The summed E-state index contributed by atoms with van der Waals surface area (Å²) in [6, 6.07) is 6.95. The molecule has 0 spiro atoms. The van der Waals surface area contributed by atoms with E-state index in [2.05, 4.69) is 5.32 Å². The maximum Gasteiger partial charge on any atom is 0.407 e. The molecule has 1 fully saturated rings. The summed E-state index contributed by atoms with van der Waals surface area (Å²) < 4.78 is 0. The lowest BCUT2D eigenvalue weighted by atomic mass is 9.97. The molecule has 1 aliphatic heterocycles. The minimum atomic E-state index is -0.871. The predicted octanol–water partition coefficient (Wildman–Crippen LogP) is 1.39. The molecule has 1 aromatic rings. The highest BCUT2D eigenvalue weighted by molar-refractivity contribution is 5.99. The van der Waals surface area contributed by atoms with E-state index in [1.54, 1.807) is 24.3 Å².